The van der Waals surface area contributed by atoms with Crippen molar-refractivity contribution < 1.29 is 24.3 Å². The van der Waals surface area contributed by atoms with Gasteiger partial charge in [-0.25, -0.2) is 15.3 Å². The van der Waals surface area contributed by atoms with E-state index in [-0.39, 0.29) is 30.4 Å². The van der Waals surface area contributed by atoms with Crippen LogP contribution in [0.2, 0.25) is 0 Å². The summed E-state index contributed by atoms with van der Waals surface area (Å²) in [5, 5.41) is 12.3. The second-order valence-corrected chi connectivity index (χ2v) is 11.4. The summed E-state index contributed by atoms with van der Waals surface area (Å²) in [7, 11) is 0. The van der Waals surface area contributed by atoms with E-state index in [1.54, 1.807) is 18.2 Å². The zero-order valence-corrected chi connectivity index (χ0v) is 26.0. The molecule has 0 bridgehead atoms. The van der Waals surface area contributed by atoms with E-state index in [0.717, 1.165) is 46.4 Å². The number of aromatic carboxylic acids is 1. The minimum absolute atomic E-state index is 0.0343. The van der Waals surface area contributed by atoms with Crippen molar-refractivity contribution in [1.82, 2.24) is 20.3 Å². The molecule has 3 N–H and O–H groups in total. The second kappa shape index (κ2) is 15.1. The number of carboxylic acid groups (broad SMARTS) is 1. The van der Waals surface area contributed by atoms with E-state index in [1.807, 2.05) is 85.8 Å². The van der Waals surface area contributed by atoms with Gasteiger partial charge in [0.25, 0.3) is 5.91 Å². The molecule has 5 rings (SSSR count). The monoisotopic (exact) mass is 618 g/mol. The van der Waals surface area contributed by atoms with E-state index in [1.165, 1.54) is 0 Å². The lowest BCUT2D eigenvalue weighted by molar-refractivity contribution is -0.135. The summed E-state index contributed by atoms with van der Waals surface area (Å²) in [6.45, 7) is 4.81. The van der Waals surface area contributed by atoms with Gasteiger partial charge in [-0.2, -0.15) is 0 Å². The number of aromatic nitrogens is 2. The smallest absolute Gasteiger partial charge is 0.335 e. The Labute approximate surface area is 268 Å². The van der Waals surface area contributed by atoms with Crippen LogP contribution in [0.4, 0.5) is 0 Å². The maximum atomic E-state index is 13.7. The molecule has 0 aliphatic carbocycles. The van der Waals surface area contributed by atoms with Gasteiger partial charge in [0, 0.05) is 31.0 Å². The minimum atomic E-state index is -0.962. The van der Waals surface area contributed by atoms with Gasteiger partial charge in [-0.3, -0.25) is 14.4 Å². The largest absolute Gasteiger partial charge is 0.478 e. The predicted octanol–water partition coefficient (Wildman–Crippen LogP) is 6.02. The van der Waals surface area contributed by atoms with Crippen LogP contribution >= 0.6 is 0 Å². The second-order valence-electron chi connectivity index (χ2n) is 11.4. The molecular formula is C37H38N4O5. The van der Waals surface area contributed by atoms with Crippen LogP contribution in [-0.2, 0) is 35.6 Å². The van der Waals surface area contributed by atoms with Gasteiger partial charge in [-0.05, 0) is 66.3 Å². The Morgan fingerprint density at radius 1 is 0.870 bits per heavy atom. The van der Waals surface area contributed by atoms with E-state index in [2.05, 4.69) is 22.3 Å². The average Bonchev–Trinajstić information content (AvgIpc) is 3.39. The normalized spacial score (nSPS) is 11.7. The number of nitrogens with one attached hydrogen (secondary N) is 2. The van der Waals surface area contributed by atoms with Crippen LogP contribution in [0.5, 0.6) is 0 Å². The summed E-state index contributed by atoms with van der Waals surface area (Å²) in [6, 6.07) is 29.3. The molecule has 0 unspecified atom stereocenters. The highest BCUT2D eigenvalue weighted by Gasteiger charge is 2.21. The highest BCUT2D eigenvalue weighted by atomic mass is 16.6. The van der Waals surface area contributed by atoms with Crippen molar-refractivity contribution in [2.24, 2.45) is 0 Å². The molecule has 0 saturated carbocycles. The lowest BCUT2D eigenvalue weighted by Crippen LogP contribution is -2.40. The fourth-order valence-corrected chi connectivity index (χ4v) is 5.56. The van der Waals surface area contributed by atoms with E-state index in [4.69, 9.17) is 9.82 Å². The molecule has 0 aliphatic heterocycles. The lowest BCUT2D eigenvalue weighted by atomic mass is 10.0. The van der Waals surface area contributed by atoms with Gasteiger partial charge in [-0.1, -0.05) is 79.7 Å². The number of rotatable bonds is 14. The number of hydroxylamine groups is 1. The summed E-state index contributed by atoms with van der Waals surface area (Å²) < 4.78 is 2.14. The molecule has 9 heteroatoms. The Hall–Kier alpha value is -5.28. The number of hydrogen-bond donors (Lipinski definition) is 3. The van der Waals surface area contributed by atoms with Gasteiger partial charge in [-0.15, -0.1) is 0 Å². The standard InChI is InChI=1S/C37H38N4O5/c1-3-10-33-39-32-21-30(19-25(2)35(32)41(33)23-27-15-17-29(18-16-27)37(44)45)36(43)38-31(20-26-11-6-4-7-12-26)22-34(42)40-46-24-28-13-8-5-9-14-28/h4-9,11-19,21,31H,3,10,20,22-24H2,1-2H3,(H,38,43)(H,40,42)(H,44,45)/t31-/m1/s1. The molecule has 1 heterocycles. The van der Waals surface area contributed by atoms with Crippen LogP contribution in [0, 0.1) is 6.92 Å². The Kier molecular flexibility index (Phi) is 10.6. The quantitative estimate of drug-likeness (QED) is 0.131. The number of aryl methyl sites for hydroxylation is 2. The Morgan fingerprint density at radius 2 is 1.54 bits per heavy atom. The first-order valence-corrected chi connectivity index (χ1v) is 15.4. The zero-order chi connectivity index (χ0) is 32.5. The number of hydrogen-bond acceptors (Lipinski definition) is 5. The number of nitrogens with zero attached hydrogens (tertiary/aromatic N) is 2. The van der Waals surface area contributed by atoms with Crippen molar-refractivity contribution in [3.63, 3.8) is 0 Å². The third-order valence-corrected chi connectivity index (χ3v) is 7.75. The minimum Gasteiger partial charge on any atom is -0.478 e. The molecule has 9 nitrogen and oxygen atoms in total. The molecule has 1 aromatic heterocycles. The summed E-state index contributed by atoms with van der Waals surface area (Å²) in [5.41, 5.74) is 8.63. The van der Waals surface area contributed by atoms with Gasteiger partial charge in [0.1, 0.15) is 5.82 Å². The molecule has 5 aromatic rings. The van der Waals surface area contributed by atoms with E-state index in [0.29, 0.717) is 24.0 Å². The van der Waals surface area contributed by atoms with Crippen LogP contribution in [0.3, 0.4) is 0 Å². The summed E-state index contributed by atoms with van der Waals surface area (Å²) in [6.07, 6.45) is 2.15. The van der Waals surface area contributed by atoms with Gasteiger partial charge in [0.05, 0.1) is 23.2 Å². The maximum Gasteiger partial charge on any atom is 0.335 e. The molecule has 4 aromatic carbocycles. The Balaban J connectivity index is 1.34. The highest BCUT2D eigenvalue weighted by Crippen LogP contribution is 2.25. The first-order chi connectivity index (χ1) is 22.3. The van der Waals surface area contributed by atoms with Gasteiger partial charge < -0.3 is 15.0 Å². The maximum absolute atomic E-state index is 13.7. The third-order valence-electron chi connectivity index (χ3n) is 7.75. The predicted molar refractivity (Wildman–Crippen MR) is 176 cm³/mol. The molecule has 2 amide bonds. The lowest BCUT2D eigenvalue weighted by Gasteiger charge is -2.19. The van der Waals surface area contributed by atoms with E-state index >= 15 is 0 Å². The molecular weight excluding hydrogens is 580 g/mol. The number of carbonyl (C=O) groups excluding carboxylic acids is 2. The van der Waals surface area contributed by atoms with Crippen molar-refractivity contribution in [3.05, 3.63) is 136 Å². The van der Waals surface area contributed by atoms with Crippen LogP contribution in [0.15, 0.2) is 97.1 Å². The average molecular weight is 619 g/mol. The zero-order valence-electron chi connectivity index (χ0n) is 26.0. The summed E-state index contributed by atoms with van der Waals surface area (Å²) >= 11 is 0. The number of fused-ring (bicyclic) bond motifs is 1. The van der Waals surface area contributed by atoms with Crippen LogP contribution in [0.1, 0.15) is 68.6 Å². The number of imidazole rings is 1. The van der Waals surface area contributed by atoms with Crippen molar-refractivity contribution >= 4 is 28.8 Å². The Bertz CT molecular complexity index is 1800. The van der Waals surface area contributed by atoms with Gasteiger partial charge >= 0.3 is 5.97 Å². The van der Waals surface area contributed by atoms with Crippen molar-refractivity contribution in [1.29, 1.82) is 0 Å². The third kappa shape index (κ3) is 8.25. The molecule has 46 heavy (non-hydrogen) atoms. The number of carboxylic acids is 1. The van der Waals surface area contributed by atoms with Crippen LogP contribution in [0.25, 0.3) is 11.0 Å². The molecule has 0 aliphatic rings. The van der Waals surface area contributed by atoms with Crippen LogP contribution < -0.4 is 10.8 Å². The van der Waals surface area contributed by atoms with Crippen molar-refractivity contribution in [2.45, 2.75) is 58.7 Å². The summed E-state index contributed by atoms with van der Waals surface area (Å²) in [5.74, 6) is -0.687. The SMILES string of the molecule is CCCc1nc2cc(C(=O)N[C@@H](CC(=O)NOCc3ccccc3)Cc3ccccc3)cc(C)c2n1Cc1ccc(C(=O)O)cc1. The first kappa shape index (κ1) is 32.1. The first-order valence-electron chi connectivity index (χ1n) is 15.4. The topological polar surface area (TPSA) is 123 Å². The van der Waals surface area contributed by atoms with E-state index in [9.17, 15) is 19.5 Å². The van der Waals surface area contributed by atoms with Crippen LogP contribution in [-0.4, -0.2) is 38.5 Å². The Morgan fingerprint density at radius 3 is 2.20 bits per heavy atom. The summed E-state index contributed by atoms with van der Waals surface area (Å²) in [4.78, 5) is 48.2. The number of carbonyl (C=O) groups is 3. The molecule has 1 atom stereocenters. The number of benzene rings is 4. The number of amides is 2. The molecule has 0 spiro atoms. The van der Waals surface area contributed by atoms with E-state index < -0.39 is 12.0 Å². The fraction of sp³-hybridized carbons (Fsp3) is 0.243. The fourth-order valence-electron chi connectivity index (χ4n) is 5.56. The van der Waals surface area contributed by atoms with Gasteiger partial charge in [0.2, 0.25) is 5.91 Å². The van der Waals surface area contributed by atoms with Crippen molar-refractivity contribution in [2.75, 3.05) is 0 Å². The molecule has 236 valence electrons. The van der Waals surface area contributed by atoms with Crippen molar-refractivity contribution in [3.8, 4) is 0 Å². The van der Waals surface area contributed by atoms with Gasteiger partial charge in [0.15, 0.2) is 0 Å². The molecule has 0 saturated heterocycles. The molecule has 0 fully saturated rings. The highest BCUT2D eigenvalue weighted by molar-refractivity contribution is 5.99. The molecule has 0 radical (unpaired) electrons.